The highest BCUT2D eigenvalue weighted by molar-refractivity contribution is 5.82. The monoisotopic (exact) mass is 546 g/mol. The zero-order valence-electron chi connectivity index (χ0n) is 22.6. The summed E-state index contributed by atoms with van der Waals surface area (Å²) in [5, 5.41) is 3.17. The highest BCUT2D eigenvalue weighted by Crippen LogP contribution is 2.33. The molecular weight excluding hydrogens is 509 g/mol. The van der Waals surface area contributed by atoms with Crippen molar-refractivity contribution < 1.29 is 27.5 Å². The van der Waals surface area contributed by atoms with E-state index in [0.29, 0.717) is 36.9 Å². The molecule has 10 heteroatoms. The number of carbonyl (C=O) groups excluding carboxylic acids is 2. The average molecular weight is 547 g/mol. The molecule has 0 aromatic heterocycles. The molecule has 1 fully saturated rings. The summed E-state index contributed by atoms with van der Waals surface area (Å²) in [4.78, 5) is 30.9. The van der Waals surface area contributed by atoms with Crippen LogP contribution in [0.15, 0.2) is 42.5 Å². The number of amides is 2. The first-order valence-electron chi connectivity index (χ1n) is 13.5. The Hall–Kier alpha value is -3.27. The summed E-state index contributed by atoms with van der Waals surface area (Å²) in [5.41, 5.74) is 0.959. The highest BCUT2D eigenvalue weighted by atomic mass is 19.4. The molecule has 0 spiro atoms. The summed E-state index contributed by atoms with van der Waals surface area (Å²) in [6, 6.07) is 11.1. The van der Waals surface area contributed by atoms with E-state index in [1.54, 1.807) is 4.90 Å². The number of fused-ring (bicyclic) bond motifs is 1. The minimum absolute atomic E-state index is 0.00635. The molecule has 7 nitrogen and oxygen atoms in total. The molecular formula is C29H37F3N4O3. The number of rotatable bonds is 10. The number of halogens is 3. The van der Waals surface area contributed by atoms with Gasteiger partial charge in [0.1, 0.15) is 12.4 Å². The smallest absolute Gasteiger partial charge is 0.416 e. The second-order valence-electron chi connectivity index (χ2n) is 10.6. The van der Waals surface area contributed by atoms with Crippen molar-refractivity contribution >= 4 is 17.5 Å². The SMILES string of the molecule is CC(C)CN1CCOc2c(cccc2NCC(=O)N(CCN2CCCC2=O)Cc2ccccc2C(F)(F)F)C1. The summed E-state index contributed by atoms with van der Waals surface area (Å²) < 4.78 is 47.0. The Morgan fingerprint density at radius 1 is 1.13 bits per heavy atom. The quantitative estimate of drug-likeness (QED) is 0.471. The number of benzene rings is 2. The Morgan fingerprint density at radius 2 is 1.92 bits per heavy atom. The Bertz CT molecular complexity index is 1150. The maximum Gasteiger partial charge on any atom is 0.416 e. The Kier molecular flexibility index (Phi) is 9.37. The van der Waals surface area contributed by atoms with Crippen LogP contribution in [0.5, 0.6) is 5.75 Å². The molecule has 2 heterocycles. The molecule has 1 N–H and O–H groups in total. The highest BCUT2D eigenvalue weighted by Gasteiger charge is 2.34. The molecule has 1 saturated heterocycles. The first-order valence-corrected chi connectivity index (χ1v) is 13.5. The number of carbonyl (C=O) groups is 2. The summed E-state index contributed by atoms with van der Waals surface area (Å²) >= 11 is 0. The first-order chi connectivity index (χ1) is 18.6. The van der Waals surface area contributed by atoms with Crippen LogP contribution in [0.4, 0.5) is 18.9 Å². The van der Waals surface area contributed by atoms with Crippen LogP contribution < -0.4 is 10.1 Å². The Labute approximate surface area is 227 Å². The minimum Gasteiger partial charge on any atom is -0.490 e. The summed E-state index contributed by atoms with van der Waals surface area (Å²) in [6.07, 6.45) is -3.32. The van der Waals surface area contributed by atoms with Crippen molar-refractivity contribution in [3.63, 3.8) is 0 Å². The number of anilines is 1. The van der Waals surface area contributed by atoms with Crippen molar-refractivity contribution in [3.05, 3.63) is 59.2 Å². The van der Waals surface area contributed by atoms with Gasteiger partial charge in [0.2, 0.25) is 11.8 Å². The molecule has 2 aromatic rings. The lowest BCUT2D eigenvalue weighted by Crippen LogP contribution is -2.41. The van der Waals surface area contributed by atoms with Gasteiger partial charge in [-0.2, -0.15) is 13.2 Å². The van der Waals surface area contributed by atoms with E-state index < -0.39 is 11.7 Å². The summed E-state index contributed by atoms with van der Waals surface area (Å²) in [7, 11) is 0. The van der Waals surface area contributed by atoms with E-state index in [9.17, 15) is 22.8 Å². The van der Waals surface area contributed by atoms with Gasteiger partial charge in [0.05, 0.1) is 17.8 Å². The van der Waals surface area contributed by atoms with Gasteiger partial charge >= 0.3 is 6.18 Å². The van der Waals surface area contributed by atoms with Gasteiger partial charge < -0.3 is 19.9 Å². The van der Waals surface area contributed by atoms with E-state index in [4.69, 9.17) is 4.74 Å². The fraction of sp³-hybridized carbons (Fsp3) is 0.517. The number of nitrogens with zero attached hydrogens (tertiary/aromatic N) is 3. The van der Waals surface area contributed by atoms with Gasteiger partial charge in [-0.05, 0) is 30.0 Å². The molecule has 0 radical (unpaired) electrons. The number of nitrogens with one attached hydrogen (secondary N) is 1. The Morgan fingerprint density at radius 3 is 2.64 bits per heavy atom. The molecule has 0 aliphatic carbocycles. The number of likely N-dealkylation sites (tertiary alicyclic amines) is 1. The van der Waals surface area contributed by atoms with Crippen LogP contribution in [0.3, 0.4) is 0 Å². The van der Waals surface area contributed by atoms with Gasteiger partial charge in [-0.3, -0.25) is 14.5 Å². The van der Waals surface area contributed by atoms with Crippen LogP contribution in [0.25, 0.3) is 0 Å². The minimum atomic E-state index is -4.53. The van der Waals surface area contributed by atoms with Gasteiger partial charge in [0.15, 0.2) is 0 Å². The molecule has 0 saturated carbocycles. The van der Waals surface area contributed by atoms with Gasteiger partial charge in [-0.1, -0.05) is 44.2 Å². The number of hydrogen-bond donors (Lipinski definition) is 1. The zero-order chi connectivity index (χ0) is 28.0. The fourth-order valence-corrected chi connectivity index (χ4v) is 5.18. The second kappa shape index (κ2) is 12.7. The van der Waals surface area contributed by atoms with Crippen LogP contribution in [-0.4, -0.2) is 72.4 Å². The third-order valence-corrected chi connectivity index (χ3v) is 7.05. The summed E-state index contributed by atoms with van der Waals surface area (Å²) in [6.45, 7) is 8.07. The molecule has 2 aromatic carbocycles. The molecule has 4 rings (SSSR count). The number of para-hydroxylation sites is 1. The maximum absolute atomic E-state index is 13.7. The molecule has 0 unspecified atom stereocenters. The van der Waals surface area contributed by atoms with E-state index in [0.717, 1.165) is 37.7 Å². The van der Waals surface area contributed by atoms with Gasteiger partial charge in [0, 0.05) is 57.8 Å². The molecule has 2 aliphatic rings. The van der Waals surface area contributed by atoms with E-state index in [-0.39, 0.29) is 43.6 Å². The topological polar surface area (TPSA) is 65.1 Å². The van der Waals surface area contributed by atoms with Crippen LogP contribution >= 0.6 is 0 Å². The van der Waals surface area contributed by atoms with Crippen molar-refractivity contribution in [3.8, 4) is 5.75 Å². The fourth-order valence-electron chi connectivity index (χ4n) is 5.18. The number of alkyl halides is 3. The standard InChI is InChI=1S/C29H37F3N4O3/c1-21(2)18-34-15-16-39-28-23(19-34)8-5-10-25(28)33-17-27(38)36(14-13-35-12-6-11-26(35)37)20-22-7-3-4-9-24(22)29(30,31)32/h3-5,7-10,21,33H,6,11-20H2,1-2H3. The average Bonchev–Trinajstić information content (AvgIpc) is 3.18. The van der Waals surface area contributed by atoms with Gasteiger partial charge in [-0.15, -0.1) is 0 Å². The molecule has 2 amide bonds. The summed E-state index contributed by atoms with van der Waals surface area (Å²) in [5.74, 6) is 0.876. The molecule has 0 bridgehead atoms. The van der Waals surface area contributed by atoms with Crippen molar-refractivity contribution in [2.24, 2.45) is 5.92 Å². The van der Waals surface area contributed by atoms with Crippen molar-refractivity contribution in [1.29, 1.82) is 0 Å². The van der Waals surface area contributed by atoms with Crippen molar-refractivity contribution in [1.82, 2.24) is 14.7 Å². The largest absolute Gasteiger partial charge is 0.490 e. The number of ether oxygens (including phenoxy) is 1. The predicted molar refractivity (Wildman–Crippen MR) is 143 cm³/mol. The lowest BCUT2D eigenvalue weighted by atomic mass is 10.1. The molecule has 0 atom stereocenters. The van der Waals surface area contributed by atoms with Crippen LogP contribution in [0.2, 0.25) is 0 Å². The predicted octanol–water partition coefficient (Wildman–Crippen LogP) is 4.62. The lowest BCUT2D eigenvalue weighted by Gasteiger charge is -2.27. The lowest BCUT2D eigenvalue weighted by molar-refractivity contribution is -0.139. The van der Waals surface area contributed by atoms with E-state index in [2.05, 4.69) is 24.1 Å². The van der Waals surface area contributed by atoms with Crippen LogP contribution in [0.1, 0.15) is 43.4 Å². The Balaban J connectivity index is 1.49. The van der Waals surface area contributed by atoms with Crippen molar-refractivity contribution in [2.75, 3.05) is 51.2 Å². The van der Waals surface area contributed by atoms with E-state index in [1.165, 1.54) is 23.1 Å². The molecule has 212 valence electrons. The maximum atomic E-state index is 13.7. The molecule has 2 aliphatic heterocycles. The third kappa shape index (κ3) is 7.65. The third-order valence-electron chi connectivity index (χ3n) is 7.05. The van der Waals surface area contributed by atoms with Gasteiger partial charge in [0.25, 0.3) is 0 Å². The van der Waals surface area contributed by atoms with Crippen LogP contribution in [0, 0.1) is 5.92 Å². The zero-order valence-corrected chi connectivity index (χ0v) is 22.6. The van der Waals surface area contributed by atoms with E-state index in [1.807, 2.05) is 18.2 Å². The van der Waals surface area contributed by atoms with Crippen molar-refractivity contribution in [2.45, 2.75) is 46.0 Å². The van der Waals surface area contributed by atoms with Crippen LogP contribution in [-0.2, 0) is 28.9 Å². The second-order valence-corrected chi connectivity index (χ2v) is 10.6. The molecule has 39 heavy (non-hydrogen) atoms. The first kappa shape index (κ1) is 28.7. The van der Waals surface area contributed by atoms with E-state index >= 15 is 0 Å². The van der Waals surface area contributed by atoms with Gasteiger partial charge in [-0.25, -0.2) is 0 Å². The normalized spacial score (nSPS) is 16.2. The number of hydrogen-bond acceptors (Lipinski definition) is 5.